The smallest absolute Gasteiger partial charge is 0.265 e. The first-order valence-electron chi connectivity index (χ1n) is 9.34. The molecule has 2 aromatic heterocycles. The Kier molecular flexibility index (Phi) is 4.61. The van der Waals surface area contributed by atoms with E-state index >= 15 is 0 Å². The summed E-state index contributed by atoms with van der Waals surface area (Å²) in [7, 11) is 0. The molecule has 2 aromatic carbocycles. The summed E-state index contributed by atoms with van der Waals surface area (Å²) in [5.41, 5.74) is 2.32. The van der Waals surface area contributed by atoms with Crippen LogP contribution in [0.15, 0.2) is 60.7 Å². The first-order valence-corrected chi connectivity index (χ1v) is 11.0. The van der Waals surface area contributed by atoms with E-state index in [1.54, 1.807) is 17.4 Å². The van der Waals surface area contributed by atoms with E-state index in [0.717, 1.165) is 32.9 Å². The first kappa shape index (κ1) is 18.0. The summed E-state index contributed by atoms with van der Waals surface area (Å²) in [6.07, 6.45) is 1.91. The van der Waals surface area contributed by atoms with Gasteiger partial charge in [0.1, 0.15) is 5.01 Å². The third-order valence-corrected chi connectivity index (χ3v) is 6.96. The number of aromatic nitrogens is 1. The van der Waals surface area contributed by atoms with Crippen LogP contribution in [0.1, 0.15) is 22.5 Å². The molecular weight excluding hydrogens is 402 g/mol. The highest BCUT2D eigenvalue weighted by molar-refractivity contribution is 7.26. The molecule has 1 saturated carbocycles. The second-order valence-corrected chi connectivity index (χ2v) is 9.06. The van der Waals surface area contributed by atoms with Gasteiger partial charge < -0.3 is 10.6 Å². The Morgan fingerprint density at radius 2 is 1.69 bits per heavy atom. The molecule has 1 aliphatic carbocycles. The summed E-state index contributed by atoms with van der Waals surface area (Å²) in [6.45, 7) is 0. The summed E-state index contributed by atoms with van der Waals surface area (Å²) in [5, 5.41) is 6.73. The predicted molar refractivity (Wildman–Crippen MR) is 119 cm³/mol. The summed E-state index contributed by atoms with van der Waals surface area (Å²) in [4.78, 5) is 30.9. The highest BCUT2D eigenvalue weighted by Crippen LogP contribution is 2.35. The van der Waals surface area contributed by atoms with Crippen LogP contribution in [-0.2, 0) is 4.79 Å². The van der Waals surface area contributed by atoms with Crippen LogP contribution < -0.4 is 10.6 Å². The fourth-order valence-corrected chi connectivity index (χ4v) is 4.93. The highest BCUT2D eigenvalue weighted by atomic mass is 32.1. The molecule has 5 nitrogen and oxygen atoms in total. The number of hydrogen-bond donors (Lipinski definition) is 2. The summed E-state index contributed by atoms with van der Waals surface area (Å²) in [5.74, 6) is 0.0144. The SMILES string of the molecule is O=C(Nc1cccc(NC(=O)C2CC2)c1)c1ccc(-c2nc3ccccc3s2)s1. The van der Waals surface area contributed by atoms with Gasteiger partial charge in [-0.3, -0.25) is 9.59 Å². The van der Waals surface area contributed by atoms with Gasteiger partial charge in [-0.25, -0.2) is 4.98 Å². The van der Waals surface area contributed by atoms with Crippen molar-refractivity contribution in [2.24, 2.45) is 5.92 Å². The average Bonchev–Trinajstić information content (AvgIpc) is 3.30. The van der Waals surface area contributed by atoms with E-state index in [-0.39, 0.29) is 17.7 Å². The Morgan fingerprint density at radius 1 is 0.897 bits per heavy atom. The van der Waals surface area contributed by atoms with Crippen LogP contribution in [0.25, 0.3) is 20.1 Å². The maximum atomic E-state index is 12.7. The average molecular weight is 420 g/mol. The van der Waals surface area contributed by atoms with Crippen LogP contribution in [0, 0.1) is 5.92 Å². The van der Waals surface area contributed by atoms with Crippen LogP contribution in [-0.4, -0.2) is 16.8 Å². The summed E-state index contributed by atoms with van der Waals surface area (Å²) < 4.78 is 1.13. The van der Waals surface area contributed by atoms with Crippen molar-refractivity contribution in [3.05, 3.63) is 65.5 Å². The number of nitrogens with one attached hydrogen (secondary N) is 2. The molecule has 0 aliphatic heterocycles. The third kappa shape index (κ3) is 3.92. The number of amides is 2. The molecule has 2 amide bonds. The number of para-hydroxylation sites is 1. The Hall–Kier alpha value is -3.03. The lowest BCUT2D eigenvalue weighted by molar-refractivity contribution is -0.117. The molecule has 0 saturated heterocycles. The van der Waals surface area contributed by atoms with E-state index in [1.165, 1.54) is 11.3 Å². The molecule has 4 aromatic rings. The number of nitrogens with zero attached hydrogens (tertiary/aromatic N) is 1. The number of carbonyl (C=O) groups excluding carboxylic acids is 2. The molecule has 2 heterocycles. The van der Waals surface area contributed by atoms with E-state index in [4.69, 9.17) is 0 Å². The standard InChI is InChI=1S/C22H17N3O2S2/c26-20(13-8-9-13)23-14-4-3-5-15(12-14)24-21(27)18-10-11-19(28-18)22-25-16-6-1-2-7-17(16)29-22/h1-7,10-13H,8-9H2,(H,23,26)(H,24,27). The van der Waals surface area contributed by atoms with E-state index < -0.39 is 0 Å². The van der Waals surface area contributed by atoms with Crippen molar-refractivity contribution in [3.63, 3.8) is 0 Å². The maximum Gasteiger partial charge on any atom is 0.265 e. The van der Waals surface area contributed by atoms with Gasteiger partial charge in [0.2, 0.25) is 5.91 Å². The fourth-order valence-electron chi connectivity index (χ4n) is 3.01. The van der Waals surface area contributed by atoms with Crippen LogP contribution in [0.2, 0.25) is 0 Å². The van der Waals surface area contributed by atoms with E-state index in [2.05, 4.69) is 15.6 Å². The van der Waals surface area contributed by atoms with Gasteiger partial charge in [-0.15, -0.1) is 22.7 Å². The molecule has 7 heteroatoms. The van der Waals surface area contributed by atoms with Crippen LogP contribution in [0.5, 0.6) is 0 Å². The molecule has 5 rings (SSSR count). The minimum atomic E-state index is -0.173. The van der Waals surface area contributed by atoms with Gasteiger partial charge in [-0.05, 0) is 55.3 Å². The zero-order chi connectivity index (χ0) is 19.8. The Morgan fingerprint density at radius 3 is 2.48 bits per heavy atom. The molecule has 29 heavy (non-hydrogen) atoms. The topological polar surface area (TPSA) is 71.1 Å². The predicted octanol–water partition coefficient (Wildman–Crippen LogP) is 5.63. The van der Waals surface area contributed by atoms with Gasteiger partial charge >= 0.3 is 0 Å². The number of anilines is 2. The van der Waals surface area contributed by atoms with Crippen LogP contribution >= 0.6 is 22.7 Å². The number of benzene rings is 2. The summed E-state index contributed by atoms with van der Waals surface area (Å²) >= 11 is 3.04. The van der Waals surface area contributed by atoms with Gasteiger partial charge in [0.25, 0.3) is 5.91 Å². The quantitative estimate of drug-likeness (QED) is 0.441. The molecule has 0 unspecified atom stereocenters. The van der Waals surface area contributed by atoms with E-state index in [0.29, 0.717) is 16.3 Å². The molecule has 144 valence electrons. The molecule has 0 bridgehead atoms. The molecule has 1 aliphatic rings. The van der Waals surface area contributed by atoms with Gasteiger partial charge in [0.15, 0.2) is 0 Å². The number of carbonyl (C=O) groups is 2. The minimum absolute atomic E-state index is 0.0483. The largest absolute Gasteiger partial charge is 0.326 e. The first-order chi connectivity index (χ1) is 14.2. The lowest BCUT2D eigenvalue weighted by Crippen LogP contribution is -2.14. The lowest BCUT2D eigenvalue weighted by atomic mass is 10.2. The molecule has 0 atom stereocenters. The normalized spacial score (nSPS) is 13.4. The maximum absolute atomic E-state index is 12.7. The number of fused-ring (bicyclic) bond motifs is 1. The number of thiophene rings is 1. The van der Waals surface area contributed by atoms with Crippen molar-refractivity contribution in [2.75, 3.05) is 10.6 Å². The van der Waals surface area contributed by atoms with Crippen molar-refractivity contribution < 1.29 is 9.59 Å². The zero-order valence-electron chi connectivity index (χ0n) is 15.3. The van der Waals surface area contributed by atoms with Crippen molar-refractivity contribution in [2.45, 2.75) is 12.8 Å². The van der Waals surface area contributed by atoms with Crippen LogP contribution in [0.4, 0.5) is 11.4 Å². The van der Waals surface area contributed by atoms with E-state index in [1.807, 2.05) is 54.6 Å². The van der Waals surface area contributed by atoms with E-state index in [9.17, 15) is 9.59 Å². The molecular formula is C22H17N3O2S2. The highest BCUT2D eigenvalue weighted by Gasteiger charge is 2.29. The van der Waals surface area contributed by atoms with Crippen LogP contribution in [0.3, 0.4) is 0 Å². The minimum Gasteiger partial charge on any atom is -0.326 e. The monoisotopic (exact) mass is 419 g/mol. The van der Waals surface area contributed by atoms with Gasteiger partial charge in [0.05, 0.1) is 20.0 Å². The number of rotatable bonds is 5. The Labute approximate surface area is 175 Å². The molecule has 2 N–H and O–H groups in total. The second kappa shape index (κ2) is 7.42. The number of thiazole rings is 1. The van der Waals surface area contributed by atoms with Gasteiger partial charge in [0, 0.05) is 17.3 Å². The molecule has 0 spiro atoms. The molecule has 0 radical (unpaired) electrons. The van der Waals surface area contributed by atoms with Gasteiger partial charge in [-0.1, -0.05) is 18.2 Å². The lowest BCUT2D eigenvalue weighted by Gasteiger charge is -2.08. The summed E-state index contributed by atoms with van der Waals surface area (Å²) in [6, 6.07) is 19.0. The van der Waals surface area contributed by atoms with Gasteiger partial charge in [-0.2, -0.15) is 0 Å². The zero-order valence-corrected chi connectivity index (χ0v) is 17.0. The van der Waals surface area contributed by atoms with Crippen molar-refractivity contribution in [1.29, 1.82) is 0 Å². The third-order valence-electron chi connectivity index (χ3n) is 4.67. The van der Waals surface area contributed by atoms with Crippen molar-refractivity contribution in [1.82, 2.24) is 4.98 Å². The number of hydrogen-bond acceptors (Lipinski definition) is 5. The van der Waals surface area contributed by atoms with Crippen molar-refractivity contribution >= 4 is 56.1 Å². The Bertz CT molecular complexity index is 1190. The fraction of sp³-hybridized carbons (Fsp3) is 0.136. The van der Waals surface area contributed by atoms with Crippen molar-refractivity contribution in [3.8, 4) is 9.88 Å². The Balaban J connectivity index is 1.30. The second-order valence-electron chi connectivity index (χ2n) is 6.95. The molecule has 1 fully saturated rings.